The van der Waals surface area contributed by atoms with Gasteiger partial charge in [0, 0.05) is 10.7 Å². The predicted octanol–water partition coefficient (Wildman–Crippen LogP) is 4.47. The molecule has 1 rings (SSSR count). The number of hydrogen-bond acceptors (Lipinski definition) is 3. The molecule has 0 fully saturated rings. The van der Waals surface area contributed by atoms with Gasteiger partial charge in [-0.25, -0.2) is 8.42 Å². The Morgan fingerprint density at radius 3 is 2.30 bits per heavy atom. The highest BCUT2D eigenvalue weighted by Gasteiger charge is 2.19. The van der Waals surface area contributed by atoms with E-state index in [2.05, 4.69) is 13.8 Å². The van der Waals surface area contributed by atoms with E-state index in [0.717, 1.165) is 17.7 Å². The van der Waals surface area contributed by atoms with Gasteiger partial charge in [-0.05, 0) is 42.0 Å². The molecule has 0 saturated carbocycles. The van der Waals surface area contributed by atoms with Crippen LogP contribution in [0.2, 0.25) is 0 Å². The van der Waals surface area contributed by atoms with Crippen molar-refractivity contribution in [3.05, 3.63) is 23.3 Å². The Balaban J connectivity index is 3.22. The smallest absolute Gasteiger partial charge is 0.261 e. The number of hydrogen-bond donors (Lipinski definition) is 0. The van der Waals surface area contributed by atoms with Crippen LogP contribution in [0, 0.1) is 12.8 Å². The summed E-state index contributed by atoms with van der Waals surface area (Å²) in [6.45, 7) is 10.6. The van der Waals surface area contributed by atoms with E-state index in [4.69, 9.17) is 15.4 Å². The number of ether oxygens (including phenoxy) is 1. The molecule has 20 heavy (non-hydrogen) atoms. The maximum Gasteiger partial charge on any atom is 0.261 e. The lowest BCUT2D eigenvalue weighted by atomic mass is 10.0. The average Bonchev–Trinajstić information content (AvgIpc) is 2.33. The quantitative estimate of drug-likeness (QED) is 0.727. The zero-order chi connectivity index (χ0) is 15.5. The molecule has 0 bridgehead atoms. The molecule has 0 aliphatic heterocycles. The van der Waals surface area contributed by atoms with Crippen molar-refractivity contribution in [2.75, 3.05) is 6.61 Å². The minimum Gasteiger partial charge on any atom is -0.493 e. The van der Waals surface area contributed by atoms with E-state index in [1.165, 1.54) is 0 Å². The van der Waals surface area contributed by atoms with Gasteiger partial charge < -0.3 is 4.74 Å². The van der Waals surface area contributed by atoms with Crippen molar-refractivity contribution < 1.29 is 13.2 Å². The summed E-state index contributed by atoms with van der Waals surface area (Å²) >= 11 is 0. The predicted molar refractivity (Wildman–Crippen MR) is 83.3 cm³/mol. The van der Waals surface area contributed by atoms with Crippen molar-refractivity contribution >= 4 is 19.7 Å². The second-order valence-electron chi connectivity index (χ2n) is 5.57. The summed E-state index contributed by atoms with van der Waals surface area (Å²) < 4.78 is 29.0. The van der Waals surface area contributed by atoms with E-state index in [-0.39, 0.29) is 10.8 Å². The Bertz CT molecular complexity index is 565. The summed E-state index contributed by atoms with van der Waals surface area (Å²) in [5.41, 5.74) is 1.49. The zero-order valence-corrected chi connectivity index (χ0v) is 14.3. The molecular formula is C15H23ClO3S. The molecule has 1 atom stereocenters. The molecule has 0 amide bonds. The fraction of sp³-hybridized carbons (Fsp3) is 0.600. The van der Waals surface area contributed by atoms with Crippen LogP contribution in [-0.2, 0) is 9.05 Å². The molecule has 1 unspecified atom stereocenters. The lowest BCUT2D eigenvalue weighted by Gasteiger charge is -2.18. The first-order chi connectivity index (χ1) is 9.16. The van der Waals surface area contributed by atoms with Crippen LogP contribution in [-0.4, -0.2) is 15.0 Å². The number of rotatable bonds is 6. The first-order valence-corrected chi connectivity index (χ1v) is 9.19. The SMILES string of the molecule is CCC(C)COc1cc(C)c(S(=O)(=O)Cl)cc1C(C)C. The fourth-order valence-electron chi connectivity index (χ4n) is 1.87. The van der Waals surface area contributed by atoms with Crippen molar-refractivity contribution in [2.45, 2.75) is 51.9 Å². The van der Waals surface area contributed by atoms with Crippen molar-refractivity contribution in [3.63, 3.8) is 0 Å². The van der Waals surface area contributed by atoms with Crippen molar-refractivity contribution in [2.24, 2.45) is 5.92 Å². The molecule has 1 aromatic rings. The monoisotopic (exact) mass is 318 g/mol. The molecule has 0 radical (unpaired) electrons. The Hall–Kier alpha value is -0.740. The lowest BCUT2D eigenvalue weighted by molar-refractivity contribution is 0.253. The van der Waals surface area contributed by atoms with E-state index in [1.54, 1.807) is 19.1 Å². The van der Waals surface area contributed by atoms with Gasteiger partial charge in [-0.3, -0.25) is 0 Å². The van der Waals surface area contributed by atoms with Crippen LogP contribution in [0.4, 0.5) is 0 Å². The summed E-state index contributed by atoms with van der Waals surface area (Å²) in [5, 5.41) is 0. The van der Waals surface area contributed by atoms with Gasteiger partial charge in [-0.2, -0.15) is 0 Å². The van der Waals surface area contributed by atoms with Gasteiger partial charge in [-0.15, -0.1) is 0 Å². The van der Waals surface area contributed by atoms with Gasteiger partial charge in [0.05, 0.1) is 11.5 Å². The number of halogens is 1. The second kappa shape index (κ2) is 6.81. The third-order valence-electron chi connectivity index (χ3n) is 3.41. The normalized spacial score (nSPS) is 13.6. The first kappa shape index (κ1) is 17.3. The van der Waals surface area contributed by atoms with Gasteiger partial charge in [0.2, 0.25) is 0 Å². The molecule has 114 valence electrons. The molecule has 0 saturated heterocycles. The van der Waals surface area contributed by atoms with Crippen molar-refractivity contribution in [1.29, 1.82) is 0 Å². The van der Waals surface area contributed by atoms with E-state index in [9.17, 15) is 8.42 Å². The van der Waals surface area contributed by atoms with E-state index >= 15 is 0 Å². The average molecular weight is 319 g/mol. The van der Waals surface area contributed by atoms with Gasteiger partial charge >= 0.3 is 0 Å². The summed E-state index contributed by atoms with van der Waals surface area (Å²) in [7, 11) is 1.75. The molecule has 0 aliphatic rings. The summed E-state index contributed by atoms with van der Waals surface area (Å²) in [4.78, 5) is 0.166. The topological polar surface area (TPSA) is 43.4 Å². The van der Waals surface area contributed by atoms with Gasteiger partial charge in [0.1, 0.15) is 5.75 Å². The lowest BCUT2D eigenvalue weighted by Crippen LogP contribution is -2.10. The van der Waals surface area contributed by atoms with Gasteiger partial charge in [-0.1, -0.05) is 34.1 Å². The largest absolute Gasteiger partial charge is 0.493 e. The summed E-state index contributed by atoms with van der Waals surface area (Å²) in [5.74, 6) is 1.38. The third-order valence-corrected chi connectivity index (χ3v) is 4.88. The highest BCUT2D eigenvalue weighted by atomic mass is 35.7. The highest BCUT2D eigenvalue weighted by molar-refractivity contribution is 8.13. The number of aryl methyl sites for hydroxylation is 1. The molecule has 1 aromatic carbocycles. The van der Waals surface area contributed by atoms with E-state index in [0.29, 0.717) is 18.1 Å². The maximum atomic E-state index is 11.6. The van der Waals surface area contributed by atoms with Crippen LogP contribution in [0.25, 0.3) is 0 Å². The van der Waals surface area contributed by atoms with Crippen LogP contribution in [0.1, 0.15) is 51.2 Å². The van der Waals surface area contributed by atoms with E-state index < -0.39 is 9.05 Å². The van der Waals surface area contributed by atoms with Crippen molar-refractivity contribution in [3.8, 4) is 5.75 Å². The summed E-state index contributed by atoms with van der Waals surface area (Å²) in [6, 6.07) is 3.40. The number of benzene rings is 1. The van der Waals surface area contributed by atoms with Crippen LogP contribution in [0.15, 0.2) is 17.0 Å². The van der Waals surface area contributed by atoms with Crippen LogP contribution < -0.4 is 4.74 Å². The van der Waals surface area contributed by atoms with E-state index in [1.807, 2.05) is 13.8 Å². The second-order valence-corrected chi connectivity index (χ2v) is 8.11. The molecule has 3 nitrogen and oxygen atoms in total. The standard InChI is InChI=1S/C15H23ClO3S/c1-6-11(4)9-19-14-7-12(5)15(20(16,17)18)8-13(14)10(2)3/h7-8,10-11H,6,9H2,1-5H3. The minimum atomic E-state index is -3.73. The minimum absolute atomic E-state index is 0.166. The van der Waals surface area contributed by atoms with Gasteiger partial charge in [0.15, 0.2) is 0 Å². The summed E-state index contributed by atoms with van der Waals surface area (Å²) in [6.07, 6.45) is 1.05. The van der Waals surface area contributed by atoms with Crippen LogP contribution >= 0.6 is 10.7 Å². The van der Waals surface area contributed by atoms with Crippen LogP contribution in [0.5, 0.6) is 5.75 Å². The zero-order valence-electron chi connectivity index (χ0n) is 12.7. The third kappa shape index (κ3) is 4.38. The van der Waals surface area contributed by atoms with Crippen molar-refractivity contribution in [1.82, 2.24) is 0 Å². The van der Waals surface area contributed by atoms with Gasteiger partial charge in [0.25, 0.3) is 9.05 Å². The molecule has 0 N–H and O–H groups in total. The Labute approximate surface area is 126 Å². The Morgan fingerprint density at radius 2 is 1.85 bits per heavy atom. The molecular weight excluding hydrogens is 296 g/mol. The Kier molecular flexibility index (Phi) is 5.90. The molecule has 0 spiro atoms. The van der Waals surface area contributed by atoms with Crippen LogP contribution in [0.3, 0.4) is 0 Å². The maximum absolute atomic E-state index is 11.6. The first-order valence-electron chi connectivity index (χ1n) is 6.88. The molecule has 0 aromatic heterocycles. The molecule has 0 heterocycles. The molecule has 0 aliphatic carbocycles. The fourth-order valence-corrected chi connectivity index (χ4v) is 3.08. The highest BCUT2D eigenvalue weighted by Crippen LogP contribution is 2.33. The molecule has 5 heteroatoms. The Morgan fingerprint density at radius 1 is 1.25 bits per heavy atom.